The number of carbonyl (C=O) groups is 3. The molecule has 0 aromatic heterocycles. The molecule has 3 aliphatic rings. The number of imide groups is 1. The smallest absolute Gasteiger partial charge is 0.340 e. The third kappa shape index (κ3) is 4.35. The number of hydrogen-bond donors (Lipinski definition) is 0. The number of rotatable bonds is 5. The van der Waals surface area contributed by atoms with Gasteiger partial charge in [-0.25, -0.2) is 4.79 Å². The van der Waals surface area contributed by atoms with Crippen LogP contribution in [0.15, 0.2) is 59.6 Å². The highest BCUT2D eigenvalue weighted by Gasteiger charge is 2.36. The summed E-state index contributed by atoms with van der Waals surface area (Å²) in [5, 5.41) is 0. The van der Waals surface area contributed by atoms with Crippen LogP contribution in [0.4, 0.5) is 4.79 Å². The normalized spacial score (nSPS) is 21.9. The van der Waals surface area contributed by atoms with Crippen LogP contribution in [0.1, 0.15) is 12.0 Å². The van der Waals surface area contributed by atoms with Crippen LogP contribution >= 0.6 is 0 Å². The van der Waals surface area contributed by atoms with Crippen LogP contribution in [0.5, 0.6) is 0 Å². The van der Waals surface area contributed by atoms with E-state index < -0.39 is 11.9 Å². The van der Waals surface area contributed by atoms with Gasteiger partial charge in [0.25, 0.3) is 0 Å². The summed E-state index contributed by atoms with van der Waals surface area (Å²) in [6.07, 6.45) is 7.07. The molecule has 1 unspecified atom stereocenters. The van der Waals surface area contributed by atoms with Crippen molar-refractivity contribution in [3.8, 4) is 0 Å². The lowest BCUT2D eigenvalue weighted by molar-refractivity contribution is -0.134. The standard InChI is InChI=1S/C22H24N4O3/c27-20(25-14-12-24(13-15-25)16-17-6-2-1-3-7-17)10-11-26-21(28)18-8-4-5-9-19(18)23-22(26)29/h1-9,18H,10-16H2. The van der Waals surface area contributed by atoms with Crippen LogP contribution in [0.25, 0.3) is 0 Å². The summed E-state index contributed by atoms with van der Waals surface area (Å²) in [5.74, 6) is -0.853. The average molecular weight is 392 g/mol. The first-order valence-electron chi connectivity index (χ1n) is 9.94. The van der Waals surface area contributed by atoms with Crippen molar-refractivity contribution in [3.63, 3.8) is 0 Å². The maximum Gasteiger partial charge on any atom is 0.350 e. The molecule has 2 aliphatic heterocycles. The number of fused-ring (bicyclic) bond motifs is 1. The molecule has 1 saturated heterocycles. The lowest BCUT2D eigenvalue weighted by Crippen LogP contribution is -2.50. The Morgan fingerprint density at radius 2 is 1.79 bits per heavy atom. The van der Waals surface area contributed by atoms with E-state index in [1.54, 1.807) is 24.3 Å². The number of aliphatic imine (C=N–C) groups is 1. The summed E-state index contributed by atoms with van der Waals surface area (Å²) in [4.78, 5) is 46.6. The Kier molecular flexibility index (Phi) is 5.67. The number of benzene rings is 1. The summed E-state index contributed by atoms with van der Waals surface area (Å²) >= 11 is 0. The van der Waals surface area contributed by atoms with Crippen molar-refractivity contribution in [1.82, 2.24) is 14.7 Å². The van der Waals surface area contributed by atoms with E-state index in [1.165, 1.54) is 5.56 Å². The number of allylic oxidation sites excluding steroid dienone is 3. The van der Waals surface area contributed by atoms with E-state index in [0.29, 0.717) is 18.8 Å². The zero-order valence-corrected chi connectivity index (χ0v) is 16.2. The summed E-state index contributed by atoms with van der Waals surface area (Å²) < 4.78 is 0. The van der Waals surface area contributed by atoms with Crippen molar-refractivity contribution < 1.29 is 14.4 Å². The summed E-state index contributed by atoms with van der Waals surface area (Å²) in [5.41, 5.74) is 1.74. The van der Waals surface area contributed by atoms with Crippen molar-refractivity contribution in [3.05, 3.63) is 60.2 Å². The minimum Gasteiger partial charge on any atom is -0.340 e. The van der Waals surface area contributed by atoms with Crippen molar-refractivity contribution in [2.45, 2.75) is 13.0 Å². The largest absolute Gasteiger partial charge is 0.350 e. The number of nitrogens with zero attached hydrogens (tertiary/aromatic N) is 4. The van der Waals surface area contributed by atoms with E-state index >= 15 is 0 Å². The summed E-state index contributed by atoms with van der Waals surface area (Å²) in [7, 11) is 0. The zero-order valence-electron chi connectivity index (χ0n) is 16.2. The van der Waals surface area contributed by atoms with Crippen LogP contribution in [-0.4, -0.2) is 71.0 Å². The zero-order chi connectivity index (χ0) is 20.2. The first-order chi connectivity index (χ1) is 14.1. The fraction of sp³-hybridized carbons (Fsp3) is 0.364. The maximum absolute atomic E-state index is 12.6. The monoisotopic (exact) mass is 392 g/mol. The number of piperazine rings is 1. The predicted octanol–water partition coefficient (Wildman–Crippen LogP) is 1.87. The third-order valence-electron chi connectivity index (χ3n) is 5.51. The predicted molar refractivity (Wildman–Crippen MR) is 109 cm³/mol. The van der Waals surface area contributed by atoms with Crippen LogP contribution in [0.3, 0.4) is 0 Å². The Bertz CT molecular complexity index is 883. The SMILES string of the molecule is O=C(CCN1C(=O)N=C2C=CC=CC2C1=O)N1CCN(Cc2ccccc2)CC1. The molecule has 0 N–H and O–H groups in total. The fourth-order valence-corrected chi connectivity index (χ4v) is 3.85. The van der Waals surface area contributed by atoms with Gasteiger partial charge < -0.3 is 4.90 Å². The Morgan fingerprint density at radius 1 is 1.03 bits per heavy atom. The van der Waals surface area contributed by atoms with Crippen molar-refractivity contribution in [2.75, 3.05) is 32.7 Å². The second kappa shape index (κ2) is 8.53. The highest BCUT2D eigenvalue weighted by molar-refractivity contribution is 6.21. The van der Waals surface area contributed by atoms with Gasteiger partial charge in [-0.1, -0.05) is 48.6 Å². The number of urea groups is 1. The molecule has 4 rings (SSSR count). The van der Waals surface area contributed by atoms with E-state index in [9.17, 15) is 14.4 Å². The molecule has 0 saturated carbocycles. The Balaban J connectivity index is 1.27. The fourth-order valence-electron chi connectivity index (χ4n) is 3.85. The van der Waals surface area contributed by atoms with Crippen molar-refractivity contribution >= 4 is 23.6 Å². The molecule has 1 atom stereocenters. The van der Waals surface area contributed by atoms with Gasteiger partial charge in [-0.2, -0.15) is 4.99 Å². The van der Waals surface area contributed by atoms with Gasteiger partial charge >= 0.3 is 6.03 Å². The van der Waals surface area contributed by atoms with Gasteiger partial charge in [-0.05, 0) is 11.6 Å². The molecule has 1 aliphatic carbocycles. The average Bonchev–Trinajstić information content (AvgIpc) is 2.75. The maximum atomic E-state index is 12.6. The Hall–Kier alpha value is -3.06. The molecule has 7 nitrogen and oxygen atoms in total. The third-order valence-corrected chi connectivity index (χ3v) is 5.51. The van der Waals surface area contributed by atoms with Gasteiger partial charge in [-0.3, -0.25) is 19.4 Å². The molecule has 1 aromatic rings. The molecule has 1 fully saturated rings. The number of carbonyl (C=O) groups excluding carboxylic acids is 3. The Labute approximate surface area is 170 Å². The van der Waals surface area contributed by atoms with Crippen LogP contribution in [0, 0.1) is 5.92 Å². The molecule has 7 heteroatoms. The van der Waals surface area contributed by atoms with Gasteiger partial charge in [0.1, 0.15) is 0 Å². The molecule has 4 amide bonds. The first kappa shape index (κ1) is 19.3. The second-order valence-corrected chi connectivity index (χ2v) is 7.42. The van der Waals surface area contributed by atoms with Gasteiger partial charge in [0.15, 0.2) is 0 Å². The van der Waals surface area contributed by atoms with Gasteiger partial charge in [0.2, 0.25) is 11.8 Å². The molecular weight excluding hydrogens is 368 g/mol. The molecule has 0 spiro atoms. The molecule has 2 heterocycles. The molecule has 150 valence electrons. The van der Waals surface area contributed by atoms with Gasteiger partial charge in [0.05, 0.1) is 11.6 Å². The lowest BCUT2D eigenvalue weighted by Gasteiger charge is -2.35. The van der Waals surface area contributed by atoms with Crippen molar-refractivity contribution in [1.29, 1.82) is 0 Å². The Morgan fingerprint density at radius 3 is 2.55 bits per heavy atom. The number of amides is 4. The van der Waals surface area contributed by atoms with Gasteiger partial charge in [-0.15, -0.1) is 0 Å². The second-order valence-electron chi connectivity index (χ2n) is 7.42. The topological polar surface area (TPSA) is 73.3 Å². The van der Waals surface area contributed by atoms with Gasteiger partial charge in [0, 0.05) is 45.7 Å². The first-order valence-corrected chi connectivity index (χ1v) is 9.94. The minimum atomic E-state index is -0.582. The highest BCUT2D eigenvalue weighted by atomic mass is 16.2. The van der Waals surface area contributed by atoms with Crippen LogP contribution in [-0.2, 0) is 16.1 Å². The highest BCUT2D eigenvalue weighted by Crippen LogP contribution is 2.20. The van der Waals surface area contributed by atoms with E-state index in [1.807, 2.05) is 23.1 Å². The van der Waals surface area contributed by atoms with E-state index in [2.05, 4.69) is 22.0 Å². The molecule has 0 radical (unpaired) electrons. The lowest BCUT2D eigenvalue weighted by atomic mass is 9.95. The van der Waals surface area contributed by atoms with E-state index in [4.69, 9.17) is 0 Å². The number of hydrogen-bond acceptors (Lipinski definition) is 4. The van der Waals surface area contributed by atoms with E-state index in [0.717, 1.165) is 24.5 Å². The molecule has 0 bridgehead atoms. The van der Waals surface area contributed by atoms with Crippen LogP contribution < -0.4 is 0 Å². The quantitative estimate of drug-likeness (QED) is 0.767. The summed E-state index contributed by atoms with van der Waals surface area (Å²) in [6.45, 7) is 3.90. The van der Waals surface area contributed by atoms with Crippen LogP contribution in [0.2, 0.25) is 0 Å². The van der Waals surface area contributed by atoms with E-state index in [-0.39, 0.29) is 24.8 Å². The minimum absolute atomic E-state index is 0.0289. The molecule has 29 heavy (non-hydrogen) atoms. The van der Waals surface area contributed by atoms with Crippen molar-refractivity contribution in [2.24, 2.45) is 10.9 Å². The molecule has 1 aromatic carbocycles. The molecular formula is C22H24N4O3. The summed E-state index contributed by atoms with van der Waals surface area (Å²) in [6, 6.07) is 9.70.